The Morgan fingerprint density at radius 2 is 2.13 bits per heavy atom. The molecule has 15 heavy (non-hydrogen) atoms. The summed E-state index contributed by atoms with van der Waals surface area (Å²) in [4.78, 5) is 0.257. The highest BCUT2D eigenvalue weighted by atomic mass is 35.5. The molecule has 1 aromatic rings. The predicted molar refractivity (Wildman–Crippen MR) is 65.4 cm³/mol. The molecule has 0 saturated carbocycles. The van der Waals surface area contributed by atoms with Gasteiger partial charge in [0.05, 0.1) is 10.7 Å². The van der Waals surface area contributed by atoms with E-state index in [0.29, 0.717) is 17.3 Å². The molecule has 0 aliphatic rings. The zero-order chi connectivity index (χ0) is 11.3. The molecule has 0 heterocycles. The molecule has 0 amide bonds. The van der Waals surface area contributed by atoms with Gasteiger partial charge in [-0.05, 0) is 31.5 Å². The number of hydrogen-bond donors (Lipinski definition) is 3. The van der Waals surface area contributed by atoms with E-state index in [2.05, 4.69) is 17.9 Å². The van der Waals surface area contributed by atoms with Crippen molar-refractivity contribution in [3.05, 3.63) is 23.0 Å². The maximum Gasteiger partial charge on any atom is 0.138 e. The second-order valence-corrected chi connectivity index (χ2v) is 4.10. The van der Waals surface area contributed by atoms with E-state index in [9.17, 15) is 4.39 Å². The van der Waals surface area contributed by atoms with E-state index < -0.39 is 0 Å². The van der Waals surface area contributed by atoms with E-state index in [4.69, 9.17) is 17.3 Å². The third-order valence-electron chi connectivity index (χ3n) is 1.98. The fourth-order valence-electron chi connectivity index (χ4n) is 1.16. The topological polar surface area (TPSA) is 38.0 Å². The number of rotatable bonds is 5. The minimum atomic E-state index is -0.371. The number of unbranched alkanes of at least 4 members (excludes halogenated alkanes) is 1. The van der Waals surface area contributed by atoms with Gasteiger partial charge in [0.25, 0.3) is 0 Å². The van der Waals surface area contributed by atoms with Crippen LogP contribution >= 0.6 is 24.2 Å². The summed E-state index contributed by atoms with van der Waals surface area (Å²) >= 11 is 9.85. The first-order valence-corrected chi connectivity index (χ1v) is 5.59. The lowest BCUT2D eigenvalue weighted by Gasteiger charge is -2.09. The van der Waals surface area contributed by atoms with Crippen LogP contribution in [0.2, 0.25) is 5.02 Å². The normalized spacial score (nSPS) is 10.4. The van der Waals surface area contributed by atoms with Gasteiger partial charge in [-0.1, -0.05) is 11.6 Å². The Balaban J connectivity index is 2.57. The van der Waals surface area contributed by atoms with Crippen molar-refractivity contribution >= 4 is 29.9 Å². The maximum atomic E-state index is 13.1. The largest absolute Gasteiger partial charge is 0.384 e. The number of thiol groups is 1. The summed E-state index contributed by atoms with van der Waals surface area (Å²) in [5.74, 6) is -0.371. The predicted octanol–water partition coefficient (Wildman–Crippen LogP) is 2.92. The average Bonchev–Trinajstić information content (AvgIpc) is 2.20. The summed E-state index contributed by atoms with van der Waals surface area (Å²) in [6, 6.07) is 2.85. The first-order chi connectivity index (χ1) is 7.15. The monoisotopic (exact) mass is 248 g/mol. The molecule has 84 valence electrons. The third kappa shape index (κ3) is 3.89. The molecule has 1 aromatic carbocycles. The van der Waals surface area contributed by atoms with Gasteiger partial charge in [0.2, 0.25) is 0 Å². The molecule has 0 spiro atoms. The summed E-state index contributed by atoms with van der Waals surface area (Å²) in [6.45, 7) is 1.40. The number of halogens is 2. The standard InChI is InChI=1S/C10H14ClFN2S/c11-7-5-10(15)8(12)6-9(7)14-4-2-1-3-13/h5-6,14-15H,1-4,13H2. The minimum absolute atomic E-state index is 0.257. The van der Waals surface area contributed by atoms with E-state index in [1.54, 1.807) is 0 Å². The van der Waals surface area contributed by atoms with Crippen molar-refractivity contribution in [3.8, 4) is 0 Å². The van der Waals surface area contributed by atoms with Crippen molar-refractivity contribution in [2.45, 2.75) is 17.7 Å². The zero-order valence-corrected chi connectivity index (χ0v) is 9.91. The Bertz CT molecular complexity index is 333. The lowest BCUT2D eigenvalue weighted by molar-refractivity contribution is 0.603. The molecule has 0 saturated heterocycles. The van der Waals surface area contributed by atoms with Gasteiger partial charge in [-0.3, -0.25) is 0 Å². The van der Waals surface area contributed by atoms with Crippen molar-refractivity contribution in [2.24, 2.45) is 5.73 Å². The average molecular weight is 249 g/mol. The van der Waals surface area contributed by atoms with Crippen LogP contribution in [0.3, 0.4) is 0 Å². The van der Waals surface area contributed by atoms with Crippen molar-refractivity contribution in [1.82, 2.24) is 0 Å². The van der Waals surface area contributed by atoms with Gasteiger partial charge >= 0.3 is 0 Å². The maximum absolute atomic E-state index is 13.1. The summed E-state index contributed by atoms with van der Waals surface area (Å²) in [5, 5.41) is 3.54. The molecule has 2 nitrogen and oxygen atoms in total. The van der Waals surface area contributed by atoms with Crippen molar-refractivity contribution in [3.63, 3.8) is 0 Å². The second kappa shape index (κ2) is 6.20. The first kappa shape index (κ1) is 12.6. The van der Waals surface area contributed by atoms with Crippen molar-refractivity contribution in [1.29, 1.82) is 0 Å². The van der Waals surface area contributed by atoms with Gasteiger partial charge in [0.15, 0.2) is 0 Å². The van der Waals surface area contributed by atoms with Crippen LogP contribution in [-0.4, -0.2) is 13.1 Å². The van der Waals surface area contributed by atoms with E-state index in [-0.39, 0.29) is 10.7 Å². The molecule has 3 N–H and O–H groups in total. The minimum Gasteiger partial charge on any atom is -0.384 e. The summed E-state index contributed by atoms with van der Waals surface area (Å²) in [5.41, 5.74) is 5.96. The van der Waals surface area contributed by atoms with Crippen LogP contribution in [0, 0.1) is 5.82 Å². The fourth-order valence-corrected chi connectivity index (χ4v) is 1.66. The van der Waals surface area contributed by atoms with Gasteiger partial charge in [0, 0.05) is 11.4 Å². The quantitative estimate of drug-likeness (QED) is 0.554. The molecule has 0 aliphatic carbocycles. The summed E-state index contributed by atoms with van der Waals surface area (Å²) in [6.07, 6.45) is 1.88. The molecule has 0 radical (unpaired) electrons. The van der Waals surface area contributed by atoms with Crippen molar-refractivity contribution < 1.29 is 4.39 Å². The number of benzene rings is 1. The molecule has 0 aliphatic heterocycles. The highest BCUT2D eigenvalue weighted by Crippen LogP contribution is 2.27. The van der Waals surface area contributed by atoms with Crippen LogP contribution < -0.4 is 11.1 Å². The summed E-state index contributed by atoms with van der Waals surface area (Å²) < 4.78 is 13.1. The SMILES string of the molecule is NCCCCNc1cc(F)c(S)cc1Cl. The van der Waals surface area contributed by atoms with Gasteiger partial charge < -0.3 is 11.1 Å². The Morgan fingerprint density at radius 3 is 2.80 bits per heavy atom. The van der Waals surface area contributed by atoms with Gasteiger partial charge in [-0.2, -0.15) is 0 Å². The number of nitrogens with one attached hydrogen (secondary N) is 1. The highest BCUT2D eigenvalue weighted by Gasteiger charge is 2.05. The Labute approximate surface area is 99.4 Å². The lowest BCUT2D eigenvalue weighted by atomic mass is 10.2. The molecule has 0 fully saturated rings. The second-order valence-electron chi connectivity index (χ2n) is 3.21. The molecule has 1 rings (SSSR count). The van der Waals surface area contributed by atoms with Crippen molar-refractivity contribution in [2.75, 3.05) is 18.4 Å². The molecule has 0 unspecified atom stereocenters. The first-order valence-electron chi connectivity index (χ1n) is 4.77. The highest BCUT2D eigenvalue weighted by molar-refractivity contribution is 7.80. The Morgan fingerprint density at radius 1 is 1.40 bits per heavy atom. The van der Waals surface area contributed by atoms with Crippen LogP contribution in [0.4, 0.5) is 10.1 Å². The van der Waals surface area contributed by atoms with E-state index in [1.165, 1.54) is 12.1 Å². The molecular formula is C10H14ClFN2S. The van der Waals surface area contributed by atoms with E-state index in [0.717, 1.165) is 19.4 Å². The number of nitrogens with two attached hydrogens (primary N) is 1. The smallest absolute Gasteiger partial charge is 0.138 e. The van der Waals surface area contributed by atoms with E-state index >= 15 is 0 Å². The van der Waals surface area contributed by atoms with Crippen LogP contribution in [0.1, 0.15) is 12.8 Å². The Kier molecular flexibility index (Phi) is 5.22. The van der Waals surface area contributed by atoms with Gasteiger partial charge in [-0.25, -0.2) is 4.39 Å². The molecule has 5 heteroatoms. The number of anilines is 1. The molecule has 0 bridgehead atoms. The van der Waals surface area contributed by atoms with Gasteiger partial charge in [0.1, 0.15) is 5.82 Å². The van der Waals surface area contributed by atoms with Gasteiger partial charge in [-0.15, -0.1) is 12.6 Å². The van der Waals surface area contributed by atoms with Crippen LogP contribution in [-0.2, 0) is 0 Å². The lowest BCUT2D eigenvalue weighted by Crippen LogP contribution is -2.06. The van der Waals surface area contributed by atoms with Crippen LogP contribution in [0.5, 0.6) is 0 Å². The summed E-state index contributed by atoms with van der Waals surface area (Å²) in [7, 11) is 0. The Hall–Kier alpha value is -0.450. The van der Waals surface area contributed by atoms with E-state index in [1.807, 2.05) is 0 Å². The zero-order valence-electron chi connectivity index (χ0n) is 8.26. The molecular weight excluding hydrogens is 235 g/mol. The van der Waals surface area contributed by atoms with Crippen LogP contribution in [0.15, 0.2) is 17.0 Å². The fraction of sp³-hybridized carbons (Fsp3) is 0.400. The van der Waals surface area contributed by atoms with Crippen LogP contribution in [0.25, 0.3) is 0 Å². The molecule has 0 atom stereocenters. The number of hydrogen-bond acceptors (Lipinski definition) is 3. The third-order valence-corrected chi connectivity index (χ3v) is 2.64. The molecule has 0 aromatic heterocycles.